The molecule has 1 aromatic heterocycles. The van der Waals surface area contributed by atoms with E-state index in [9.17, 15) is 4.79 Å². The molecule has 0 saturated heterocycles. The second-order valence-corrected chi connectivity index (χ2v) is 4.84. The van der Waals surface area contributed by atoms with Gasteiger partial charge in [-0.2, -0.15) is 0 Å². The molecule has 6 heteroatoms. The van der Waals surface area contributed by atoms with Gasteiger partial charge in [0.05, 0.1) is 23.7 Å². The SMILES string of the molecule is CCCC(COC)Nc1ncnc2cc(C(=O)O)ccc12. The van der Waals surface area contributed by atoms with Crippen LogP contribution in [0.15, 0.2) is 24.5 Å². The van der Waals surface area contributed by atoms with Gasteiger partial charge in [0.15, 0.2) is 0 Å². The number of anilines is 1. The maximum absolute atomic E-state index is 11.0. The Labute approximate surface area is 123 Å². The van der Waals surface area contributed by atoms with E-state index in [4.69, 9.17) is 9.84 Å². The van der Waals surface area contributed by atoms with Gasteiger partial charge in [0.2, 0.25) is 0 Å². The molecule has 2 rings (SSSR count). The van der Waals surface area contributed by atoms with Gasteiger partial charge < -0.3 is 15.2 Å². The monoisotopic (exact) mass is 289 g/mol. The maximum Gasteiger partial charge on any atom is 0.335 e. The number of nitrogens with one attached hydrogen (secondary N) is 1. The lowest BCUT2D eigenvalue weighted by atomic mass is 10.1. The van der Waals surface area contributed by atoms with Crippen molar-refractivity contribution in [2.24, 2.45) is 0 Å². The third-order valence-electron chi connectivity index (χ3n) is 3.23. The van der Waals surface area contributed by atoms with Crippen molar-refractivity contribution in [3.8, 4) is 0 Å². The topological polar surface area (TPSA) is 84.3 Å². The molecule has 1 aromatic carbocycles. The Hall–Kier alpha value is -2.21. The Bertz CT molecular complexity index is 625. The van der Waals surface area contributed by atoms with E-state index in [1.807, 2.05) is 0 Å². The van der Waals surface area contributed by atoms with Crippen molar-refractivity contribution in [1.82, 2.24) is 9.97 Å². The number of benzene rings is 1. The zero-order valence-corrected chi connectivity index (χ0v) is 12.2. The Morgan fingerprint density at radius 1 is 1.43 bits per heavy atom. The highest BCUT2D eigenvalue weighted by molar-refractivity contribution is 5.96. The fourth-order valence-electron chi connectivity index (χ4n) is 2.25. The zero-order valence-electron chi connectivity index (χ0n) is 12.2. The van der Waals surface area contributed by atoms with E-state index in [1.165, 1.54) is 6.33 Å². The van der Waals surface area contributed by atoms with Crippen LogP contribution < -0.4 is 5.32 Å². The molecule has 2 N–H and O–H groups in total. The van der Waals surface area contributed by atoms with E-state index >= 15 is 0 Å². The third-order valence-corrected chi connectivity index (χ3v) is 3.23. The number of hydrogen-bond donors (Lipinski definition) is 2. The fourth-order valence-corrected chi connectivity index (χ4v) is 2.25. The number of ether oxygens (including phenoxy) is 1. The number of carboxylic acids is 1. The van der Waals surface area contributed by atoms with Crippen molar-refractivity contribution < 1.29 is 14.6 Å². The molecule has 0 bridgehead atoms. The molecule has 1 atom stereocenters. The largest absolute Gasteiger partial charge is 0.478 e. The lowest BCUT2D eigenvalue weighted by molar-refractivity contribution is 0.0697. The van der Waals surface area contributed by atoms with E-state index in [0.717, 1.165) is 18.2 Å². The van der Waals surface area contributed by atoms with Crippen molar-refractivity contribution in [3.05, 3.63) is 30.1 Å². The highest BCUT2D eigenvalue weighted by Gasteiger charge is 2.12. The molecule has 21 heavy (non-hydrogen) atoms. The van der Waals surface area contributed by atoms with Crippen LogP contribution in [0.25, 0.3) is 10.9 Å². The van der Waals surface area contributed by atoms with E-state index in [1.54, 1.807) is 25.3 Å². The second-order valence-electron chi connectivity index (χ2n) is 4.84. The summed E-state index contributed by atoms with van der Waals surface area (Å²) in [5.41, 5.74) is 0.828. The predicted molar refractivity (Wildman–Crippen MR) is 80.7 cm³/mol. The molecule has 6 nitrogen and oxygen atoms in total. The number of rotatable bonds is 7. The quantitative estimate of drug-likeness (QED) is 0.815. The minimum Gasteiger partial charge on any atom is -0.478 e. The lowest BCUT2D eigenvalue weighted by Crippen LogP contribution is -2.25. The Balaban J connectivity index is 2.33. The number of methoxy groups -OCH3 is 1. The third kappa shape index (κ3) is 3.66. The molecule has 1 heterocycles. The molecule has 2 aromatic rings. The predicted octanol–water partition coefficient (Wildman–Crippen LogP) is 2.56. The van der Waals surface area contributed by atoms with Crippen LogP contribution in [0.4, 0.5) is 5.82 Å². The molecule has 0 aliphatic rings. The summed E-state index contributed by atoms with van der Waals surface area (Å²) in [6.07, 6.45) is 3.44. The first-order chi connectivity index (χ1) is 10.2. The maximum atomic E-state index is 11.0. The van der Waals surface area contributed by atoms with Crippen molar-refractivity contribution in [3.63, 3.8) is 0 Å². The van der Waals surface area contributed by atoms with Gasteiger partial charge in [0.25, 0.3) is 0 Å². The van der Waals surface area contributed by atoms with E-state index in [0.29, 0.717) is 17.9 Å². The zero-order chi connectivity index (χ0) is 15.2. The van der Waals surface area contributed by atoms with E-state index in [-0.39, 0.29) is 11.6 Å². The standard InChI is InChI=1S/C15H19N3O3/c1-3-4-11(8-21-2)18-14-12-6-5-10(15(19)20)7-13(12)16-9-17-14/h5-7,9,11H,3-4,8H2,1-2H3,(H,19,20)(H,16,17,18). The molecular formula is C15H19N3O3. The van der Waals surface area contributed by atoms with Gasteiger partial charge in [-0.1, -0.05) is 13.3 Å². The average Bonchev–Trinajstić information content (AvgIpc) is 2.47. The van der Waals surface area contributed by atoms with Crippen LogP contribution >= 0.6 is 0 Å². The summed E-state index contributed by atoms with van der Waals surface area (Å²) >= 11 is 0. The highest BCUT2D eigenvalue weighted by Crippen LogP contribution is 2.21. The minimum absolute atomic E-state index is 0.164. The summed E-state index contributed by atoms with van der Waals surface area (Å²) in [7, 11) is 1.67. The van der Waals surface area contributed by atoms with Gasteiger partial charge in [-0.25, -0.2) is 14.8 Å². The van der Waals surface area contributed by atoms with Crippen LogP contribution in [0, 0.1) is 0 Å². The molecular weight excluding hydrogens is 270 g/mol. The fraction of sp³-hybridized carbons (Fsp3) is 0.400. The molecule has 1 unspecified atom stereocenters. The molecule has 0 aliphatic heterocycles. The minimum atomic E-state index is -0.965. The number of hydrogen-bond acceptors (Lipinski definition) is 5. The van der Waals surface area contributed by atoms with Crippen LogP contribution in [-0.4, -0.2) is 40.8 Å². The summed E-state index contributed by atoms with van der Waals surface area (Å²) < 4.78 is 5.21. The van der Waals surface area contributed by atoms with E-state index in [2.05, 4.69) is 22.2 Å². The van der Waals surface area contributed by atoms with Crippen molar-refractivity contribution in [1.29, 1.82) is 0 Å². The molecule has 0 amide bonds. The molecule has 0 radical (unpaired) electrons. The van der Waals surface area contributed by atoms with Gasteiger partial charge in [-0.3, -0.25) is 0 Å². The summed E-state index contributed by atoms with van der Waals surface area (Å²) in [6.45, 7) is 2.70. The van der Waals surface area contributed by atoms with Gasteiger partial charge >= 0.3 is 5.97 Å². The van der Waals surface area contributed by atoms with Gasteiger partial charge in [-0.05, 0) is 24.6 Å². The Kier molecular flexibility index (Phi) is 5.05. The Morgan fingerprint density at radius 3 is 2.90 bits per heavy atom. The van der Waals surface area contributed by atoms with Crippen molar-refractivity contribution >= 4 is 22.7 Å². The number of nitrogens with zero attached hydrogens (tertiary/aromatic N) is 2. The van der Waals surface area contributed by atoms with Crippen LogP contribution in [0.3, 0.4) is 0 Å². The molecule has 0 aliphatic carbocycles. The first-order valence-electron chi connectivity index (χ1n) is 6.89. The Morgan fingerprint density at radius 2 is 2.24 bits per heavy atom. The number of aromatic carboxylic acids is 1. The van der Waals surface area contributed by atoms with Gasteiger partial charge in [0.1, 0.15) is 12.1 Å². The number of fused-ring (bicyclic) bond motifs is 1. The van der Waals surface area contributed by atoms with Crippen molar-refractivity contribution in [2.75, 3.05) is 19.0 Å². The van der Waals surface area contributed by atoms with Crippen molar-refractivity contribution in [2.45, 2.75) is 25.8 Å². The second kappa shape index (κ2) is 6.99. The molecule has 112 valence electrons. The summed E-state index contributed by atoms with van der Waals surface area (Å²) in [5, 5.41) is 13.2. The number of aromatic nitrogens is 2. The van der Waals surface area contributed by atoms with E-state index < -0.39 is 5.97 Å². The smallest absolute Gasteiger partial charge is 0.335 e. The van der Waals surface area contributed by atoms with Crippen LogP contribution in [0.1, 0.15) is 30.1 Å². The molecule has 0 saturated carbocycles. The first-order valence-corrected chi connectivity index (χ1v) is 6.89. The summed E-state index contributed by atoms with van der Waals surface area (Å²) in [4.78, 5) is 19.4. The summed E-state index contributed by atoms with van der Waals surface area (Å²) in [6, 6.07) is 5.01. The average molecular weight is 289 g/mol. The normalized spacial score (nSPS) is 12.3. The van der Waals surface area contributed by atoms with Gasteiger partial charge in [-0.15, -0.1) is 0 Å². The molecule has 0 spiro atoms. The first kappa shape index (κ1) is 15.2. The highest BCUT2D eigenvalue weighted by atomic mass is 16.5. The number of carbonyl (C=O) groups is 1. The number of carboxylic acid groups (broad SMARTS) is 1. The van der Waals surface area contributed by atoms with Crippen LogP contribution in [0.2, 0.25) is 0 Å². The van der Waals surface area contributed by atoms with Gasteiger partial charge in [0, 0.05) is 12.5 Å². The summed E-state index contributed by atoms with van der Waals surface area (Å²) in [5.74, 6) is -0.263. The molecule has 0 fully saturated rings. The van der Waals surface area contributed by atoms with Crippen LogP contribution in [-0.2, 0) is 4.74 Å². The van der Waals surface area contributed by atoms with Crippen LogP contribution in [0.5, 0.6) is 0 Å². The lowest BCUT2D eigenvalue weighted by Gasteiger charge is -2.18.